The van der Waals surface area contributed by atoms with Crippen LogP contribution in [0.3, 0.4) is 0 Å². The molecule has 0 saturated heterocycles. The van der Waals surface area contributed by atoms with Crippen molar-refractivity contribution >= 4 is 0 Å². The minimum absolute atomic E-state index is 0.149. The first-order chi connectivity index (χ1) is 8.73. The van der Waals surface area contributed by atoms with Crippen LogP contribution in [0.2, 0.25) is 0 Å². The van der Waals surface area contributed by atoms with E-state index in [0.29, 0.717) is 6.54 Å². The second-order valence-corrected chi connectivity index (χ2v) is 5.46. The Morgan fingerprint density at radius 1 is 1.39 bits per heavy atom. The van der Waals surface area contributed by atoms with Crippen LogP contribution in [0.4, 0.5) is 0 Å². The maximum atomic E-state index is 10.8. The summed E-state index contributed by atoms with van der Waals surface area (Å²) in [6, 6.07) is 1.93. The highest BCUT2D eigenvalue weighted by atomic mass is 16.3. The van der Waals surface area contributed by atoms with Crippen molar-refractivity contribution < 1.29 is 5.11 Å². The van der Waals surface area contributed by atoms with Crippen LogP contribution in [0.1, 0.15) is 57.2 Å². The Hall–Kier alpha value is -0.870. The SMILES string of the molecule is CCn1nccc1C(O)C1(CN)CCCCCC1. The number of aliphatic hydroxyl groups is 1. The van der Waals surface area contributed by atoms with Gasteiger partial charge in [0.1, 0.15) is 6.10 Å². The summed E-state index contributed by atoms with van der Waals surface area (Å²) < 4.78 is 1.88. The summed E-state index contributed by atoms with van der Waals surface area (Å²) in [5.74, 6) is 0. The summed E-state index contributed by atoms with van der Waals surface area (Å²) in [4.78, 5) is 0. The van der Waals surface area contributed by atoms with Gasteiger partial charge in [-0.3, -0.25) is 4.68 Å². The third-order valence-electron chi connectivity index (χ3n) is 4.41. The topological polar surface area (TPSA) is 64.1 Å². The number of nitrogens with zero attached hydrogens (tertiary/aromatic N) is 2. The molecule has 18 heavy (non-hydrogen) atoms. The second-order valence-electron chi connectivity index (χ2n) is 5.46. The van der Waals surface area contributed by atoms with E-state index < -0.39 is 6.10 Å². The molecule has 1 aromatic rings. The number of hydrogen-bond acceptors (Lipinski definition) is 3. The summed E-state index contributed by atoms with van der Waals surface area (Å²) >= 11 is 0. The van der Waals surface area contributed by atoms with Crippen molar-refractivity contribution in [2.24, 2.45) is 11.1 Å². The zero-order chi connectivity index (χ0) is 13.0. The molecule has 1 atom stereocenters. The second kappa shape index (κ2) is 5.85. The molecule has 1 heterocycles. The first kappa shape index (κ1) is 13.6. The van der Waals surface area contributed by atoms with Gasteiger partial charge in [-0.2, -0.15) is 5.10 Å². The van der Waals surface area contributed by atoms with E-state index in [-0.39, 0.29) is 5.41 Å². The molecular formula is C14H25N3O. The van der Waals surface area contributed by atoms with Gasteiger partial charge < -0.3 is 10.8 Å². The highest BCUT2D eigenvalue weighted by Gasteiger charge is 2.39. The normalized spacial score (nSPS) is 21.5. The molecule has 1 fully saturated rings. The zero-order valence-corrected chi connectivity index (χ0v) is 11.3. The average Bonchev–Trinajstić information content (AvgIpc) is 2.74. The van der Waals surface area contributed by atoms with Gasteiger partial charge in [0, 0.05) is 24.7 Å². The largest absolute Gasteiger partial charge is 0.386 e. The molecule has 0 radical (unpaired) electrons. The van der Waals surface area contributed by atoms with Gasteiger partial charge in [0.05, 0.1) is 5.69 Å². The fourth-order valence-corrected chi connectivity index (χ4v) is 3.17. The summed E-state index contributed by atoms with van der Waals surface area (Å²) in [6.45, 7) is 3.40. The minimum atomic E-state index is -0.483. The molecule has 2 rings (SSSR count). The molecule has 1 saturated carbocycles. The van der Waals surface area contributed by atoms with Crippen molar-refractivity contribution in [3.8, 4) is 0 Å². The van der Waals surface area contributed by atoms with E-state index in [1.807, 2.05) is 17.7 Å². The Morgan fingerprint density at radius 3 is 2.61 bits per heavy atom. The van der Waals surface area contributed by atoms with E-state index >= 15 is 0 Å². The van der Waals surface area contributed by atoms with E-state index in [4.69, 9.17) is 5.73 Å². The van der Waals surface area contributed by atoms with Gasteiger partial charge in [-0.05, 0) is 25.8 Å². The van der Waals surface area contributed by atoms with Crippen molar-refractivity contribution in [3.63, 3.8) is 0 Å². The third kappa shape index (κ3) is 2.45. The van der Waals surface area contributed by atoms with Crippen LogP contribution in [0.25, 0.3) is 0 Å². The number of aromatic nitrogens is 2. The van der Waals surface area contributed by atoms with E-state index in [1.165, 1.54) is 25.7 Å². The van der Waals surface area contributed by atoms with Gasteiger partial charge in [-0.15, -0.1) is 0 Å². The molecule has 1 aromatic heterocycles. The number of nitrogens with two attached hydrogens (primary N) is 1. The van der Waals surface area contributed by atoms with Crippen LogP contribution < -0.4 is 5.73 Å². The van der Waals surface area contributed by atoms with Crippen LogP contribution in [0, 0.1) is 5.41 Å². The maximum Gasteiger partial charge on any atom is 0.102 e. The quantitative estimate of drug-likeness (QED) is 0.807. The van der Waals surface area contributed by atoms with Crippen LogP contribution in [-0.2, 0) is 6.54 Å². The lowest BCUT2D eigenvalue weighted by Gasteiger charge is -2.36. The molecule has 0 bridgehead atoms. The summed E-state index contributed by atoms with van der Waals surface area (Å²) in [5, 5.41) is 15.0. The Kier molecular flexibility index (Phi) is 4.40. The van der Waals surface area contributed by atoms with Crippen LogP contribution in [0.5, 0.6) is 0 Å². The average molecular weight is 251 g/mol. The van der Waals surface area contributed by atoms with Crippen molar-refractivity contribution in [1.82, 2.24) is 9.78 Å². The maximum absolute atomic E-state index is 10.8. The predicted octanol–water partition coefficient (Wildman–Crippen LogP) is 2.24. The fraction of sp³-hybridized carbons (Fsp3) is 0.786. The minimum Gasteiger partial charge on any atom is -0.386 e. The molecular weight excluding hydrogens is 226 g/mol. The Morgan fingerprint density at radius 2 is 2.06 bits per heavy atom. The van der Waals surface area contributed by atoms with Crippen molar-refractivity contribution in [1.29, 1.82) is 0 Å². The number of aliphatic hydroxyl groups excluding tert-OH is 1. The van der Waals surface area contributed by atoms with Crippen LogP contribution in [0.15, 0.2) is 12.3 Å². The predicted molar refractivity (Wildman–Crippen MR) is 72.1 cm³/mol. The zero-order valence-electron chi connectivity index (χ0n) is 11.3. The standard InChI is InChI=1S/C14H25N3O/c1-2-17-12(7-10-16-17)13(18)14(11-15)8-5-3-4-6-9-14/h7,10,13,18H,2-6,8-9,11,15H2,1H3. The Bertz CT molecular complexity index is 367. The van der Waals surface area contributed by atoms with Gasteiger partial charge in [0.15, 0.2) is 0 Å². The van der Waals surface area contributed by atoms with Gasteiger partial charge in [0.25, 0.3) is 0 Å². The number of rotatable bonds is 4. The summed E-state index contributed by atoms with van der Waals surface area (Å²) in [7, 11) is 0. The van der Waals surface area contributed by atoms with Gasteiger partial charge >= 0.3 is 0 Å². The van der Waals surface area contributed by atoms with Gasteiger partial charge in [0.2, 0.25) is 0 Å². The molecule has 1 unspecified atom stereocenters. The monoisotopic (exact) mass is 251 g/mol. The number of aryl methyl sites for hydroxylation is 1. The molecule has 0 aromatic carbocycles. The van der Waals surface area contributed by atoms with Crippen LogP contribution >= 0.6 is 0 Å². The molecule has 102 valence electrons. The highest BCUT2D eigenvalue weighted by molar-refractivity contribution is 5.10. The first-order valence-corrected chi connectivity index (χ1v) is 7.13. The van der Waals surface area contributed by atoms with E-state index in [2.05, 4.69) is 5.10 Å². The molecule has 0 spiro atoms. The molecule has 0 amide bonds. The van der Waals surface area contributed by atoms with Crippen molar-refractivity contribution in [2.75, 3.05) is 6.54 Å². The lowest BCUT2D eigenvalue weighted by molar-refractivity contribution is 0.0103. The van der Waals surface area contributed by atoms with E-state index in [9.17, 15) is 5.11 Å². The lowest BCUT2D eigenvalue weighted by Crippen LogP contribution is -2.37. The molecule has 4 heteroatoms. The summed E-state index contributed by atoms with van der Waals surface area (Å²) in [6.07, 6.45) is 8.22. The Balaban J connectivity index is 2.25. The van der Waals surface area contributed by atoms with Crippen molar-refractivity contribution in [2.45, 2.75) is 58.1 Å². The lowest BCUT2D eigenvalue weighted by atomic mass is 9.74. The Labute approximate surface area is 109 Å². The third-order valence-corrected chi connectivity index (χ3v) is 4.41. The molecule has 1 aliphatic rings. The smallest absolute Gasteiger partial charge is 0.102 e. The van der Waals surface area contributed by atoms with Crippen LogP contribution in [-0.4, -0.2) is 21.4 Å². The first-order valence-electron chi connectivity index (χ1n) is 7.13. The van der Waals surface area contributed by atoms with E-state index in [1.54, 1.807) is 6.20 Å². The van der Waals surface area contributed by atoms with Crippen molar-refractivity contribution in [3.05, 3.63) is 18.0 Å². The summed E-state index contributed by atoms with van der Waals surface area (Å²) in [5.41, 5.74) is 6.79. The fourth-order valence-electron chi connectivity index (χ4n) is 3.17. The molecule has 3 N–H and O–H groups in total. The molecule has 0 aliphatic heterocycles. The van der Waals surface area contributed by atoms with E-state index in [0.717, 1.165) is 25.1 Å². The number of hydrogen-bond donors (Lipinski definition) is 2. The highest BCUT2D eigenvalue weighted by Crippen LogP contribution is 2.44. The van der Waals surface area contributed by atoms with Gasteiger partial charge in [-0.1, -0.05) is 25.7 Å². The van der Waals surface area contributed by atoms with Gasteiger partial charge in [-0.25, -0.2) is 0 Å². The molecule has 4 nitrogen and oxygen atoms in total. The molecule has 1 aliphatic carbocycles.